The van der Waals surface area contributed by atoms with Gasteiger partial charge in [-0.1, -0.05) is 48.0 Å². The summed E-state index contributed by atoms with van der Waals surface area (Å²) >= 11 is 0. The van der Waals surface area contributed by atoms with E-state index in [-0.39, 0.29) is 30.4 Å². The van der Waals surface area contributed by atoms with Crippen LogP contribution in [0.3, 0.4) is 0 Å². The normalized spacial score (nSPS) is 20.8. The van der Waals surface area contributed by atoms with Gasteiger partial charge in [-0.2, -0.15) is 5.10 Å². The predicted molar refractivity (Wildman–Crippen MR) is 134 cm³/mol. The summed E-state index contributed by atoms with van der Waals surface area (Å²) in [6.07, 6.45) is 2.38. The van der Waals surface area contributed by atoms with Crippen molar-refractivity contribution in [2.75, 3.05) is 26.2 Å². The molecule has 0 saturated carbocycles. The molecule has 0 aliphatic carbocycles. The molecule has 2 aromatic carbocycles. The molecule has 2 aromatic rings. The van der Waals surface area contributed by atoms with E-state index in [1.165, 1.54) is 11.1 Å². The Bertz CT molecular complexity index is 1090. The second kappa shape index (κ2) is 10.5. The van der Waals surface area contributed by atoms with Crippen molar-refractivity contribution in [3.05, 3.63) is 70.3 Å². The Balaban J connectivity index is 1.58. The minimum atomic E-state index is -0.165. The van der Waals surface area contributed by atoms with Crippen molar-refractivity contribution in [1.82, 2.24) is 9.91 Å². The fourth-order valence-electron chi connectivity index (χ4n) is 5.16. The maximum absolute atomic E-state index is 13.6. The first-order chi connectivity index (χ1) is 16.4. The second-order valence-electron chi connectivity index (χ2n) is 9.51. The Morgan fingerprint density at radius 2 is 1.88 bits per heavy atom. The van der Waals surface area contributed by atoms with E-state index in [1.54, 1.807) is 5.01 Å². The van der Waals surface area contributed by atoms with Gasteiger partial charge in [-0.25, -0.2) is 5.01 Å². The van der Waals surface area contributed by atoms with Crippen molar-refractivity contribution in [1.29, 1.82) is 0 Å². The fourth-order valence-corrected chi connectivity index (χ4v) is 5.16. The summed E-state index contributed by atoms with van der Waals surface area (Å²) in [4.78, 5) is 27.9. The van der Waals surface area contributed by atoms with Crippen molar-refractivity contribution < 1.29 is 14.3 Å². The standard InChI is InChI=1S/C28H35N3O3/c1-5-34-28(33)22-10-8-14-30(17-22)18-27(32)31-26(24-11-7-6-9-20(24)3)16-25(29-31)23-13-12-19(2)15-21(23)4/h6-7,9,11-13,15,22,26H,5,8,10,14,16-18H2,1-4H3. The van der Waals surface area contributed by atoms with Gasteiger partial charge in [0.15, 0.2) is 0 Å². The van der Waals surface area contributed by atoms with Crippen molar-refractivity contribution in [3.8, 4) is 0 Å². The number of amides is 1. The number of nitrogens with zero attached hydrogens (tertiary/aromatic N) is 3. The highest BCUT2D eigenvalue weighted by atomic mass is 16.5. The number of carbonyl (C=O) groups excluding carboxylic acids is 2. The van der Waals surface area contributed by atoms with Crippen molar-refractivity contribution in [3.63, 3.8) is 0 Å². The van der Waals surface area contributed by atoms with Gasteiger partial charge < -0.3 is 4.74 Å². The number of ether oxygens (including phenoxy) is 1. The van der Waals surface area contributed by atoms with Gasteiger partial charge in [-0.05, 0) is 63.8 Å². The number of benzene rings is 2. The smallest absolute Gasteiger partial charge is 0.310 e. The molecule has 0 spiro atoms. The van der Waals surface area contributed by atoms with Crippen LogP contribution in [0.4, 0.5) is 0 Å². The molecule has 2 aliphatic rings. The van der Waals surface area contributed by atoms with E-state index in [2.05, 4.69) is 56.0 Å². The fraction of sp³-hybridized carbons (Fsp3) is 0.464. The Hall–Kier alpha value is -2.99. The third kappa shape index (κ3) is 5.22. The highest BCUT2D eigenvalue weighted by Crippen LogP contribution is 2.35. The molecular formula is C28H35N3O3. The van der Waals surface area contributed by atoms with E-state index in [4.69, 9.17) is 9.84 Å². The van der Waals surface area contributed by atoms with Crippen LogP contribution in [0, 0.1) is 26.7 Å². The number of hydrogen-bond acceptors (Lipinski definition) is 5. The SMILES string of the molecule is CCOC(=O)C1CCCN(CC(=O)N2N=C(c3ccc(C)cc3C)CC2c2ccccc2C)C1. The van der Waals surface area contributed by atoms with Crippen LogP contribution in [0.15, 0.2) is 47.6 Å². The Labute approximate surface area is 202 Å². The number of rotatable bonds is 6. The van der Waals surface area contributed by atoms with Crippen LogP contribution in [0.1, 0.15) is 60.0 Å². The first kappa shape index (κ1) is 24.1. The molecule has 6 nitrogen and oxygen atoms in total. The van der Waals surface area contributed by atoms with Gasteiger partial charge in [0, 0.05) is 18.5 Å². The first-order valence-electron chi connectivity index (χ1n) is 12.3. The zero-order chi connectivity index (χ0) is 24.2. The van der Waals surface area contributed by atoms with Gasteiger partial charge in [0.1, 0.15) is 0 Å². The van der Waals surface area contributed by atoms with Crippen LogP contribution in [-0.2, 0) is 14.3 Å². The average molecular weight is 462 g/mol. The number of carbonyl (C=O) groups is 2. The average Bonchev–Trinajstić information content (AvgIpc) is 3.25. The lowest BCUT2D eigenvalue weighted by Gasteiger charge is -2.32. The molecule has 1 fully saturated rings. The number of likely N-dealkylation sites (tertiary alicyclic amines) is 1. The van der Waals surface area contributed by atoms with Crippen molar-refractivity contribution in [2.24, 2.45) is 11.0 Å². The number of piperidine rings is 1. The number of aryl methyl sites for hydroxylation is 3. The number of esters is 1. The van der Waals surface area contributed by atoms with E-state index in [0.717, 1.165) is 41.8 Å². The lowest BCUT2D eigenvalue weighted by atomic mass is 9.93. The molecule has 0 N–H and O–H groups in total. The monoisotopic (exact) mass is 461 g/mol. The Morgan fingerprint density at radius 1 is 1.09 bits per heavy atom. The van der Waals surface area contributed by atoms with E-state index >= 15 is 0 Å². The number of hydrogen-bond donors (Lipinski definition) is 0. The molecule has 1 amide bonds. The minimum Gasteiger partial charge on any atom is -0.466 e. The topological polar surface area (TPSA) is 62.2 Å². The van der Waals surface area contributed by atoms with Crippen LogP contribution >= 0.6 is 0 Å². The number of hydrazone groups is 1. The van der Waals surface area contributed by atoms with Gasteiger partial charge in [0.2, 0.25) is 0 Å². The summed E-state index contributed by atoms with van der Waals surface area (Å²) in [5.74, 6) is -0.354. The lowest BCUT2D eigenvalue weighted by molar-refractivity contribution is -0.150. The first-order valence-corrected chi connectivity index (χ1v) is 12.3. The minimum absolute atomic E-state index is 0.0301. The predicted octanol–water partition coefficient (Wildman–Crippen LogP) is 4.56. The lowest BCUT2D eigenvalue weighted by Crippen LogP contribution is -2.44. The highest BCUT2D eigenvalue weighted by Gasteiger charge is 2.36. The molecule has 2 unspecified atom stereocenters. The van der Waals surface area contributed by atoms with Crippen LogP contribution in [-0.4, -0.2) is 53.7 Å². The molecule has 1 saturated heterocycles. The molecule has 34 heavy (non-hydrogen) atoms. The quantitative estimate of drug-likeness (QED) is 0.592. The molecule has 180 valence electrons. The third-order valence-corrected chi connectivity index (χ3v) is 6.89. The molecule has 6 heteroatoms. The Kier molecular flexibility index (Phi) is 7.47. The molecule has 2 heterocycles. The zero-order valence-corrected chi connectivity index (χ0v) is 20.7. The summed E-state index contributed by atoms with van der Waals surface area (Å²) in [6, 6.07) is 14.5. The van der Waals surface area contributed by atoms with Crippen LogP contribution in [0.2, 0.25) is 0 Å². The van der Waals surface area contributed by atoms with E-state index in [0.29, 0.717) is 19.6 Å². The Morgan fingerprint density at radius 3 is 2.62 bits per heavy atom. The van der Waals surface area contributed by atoms with Gasteiger partial charge in [-0.3, -0.25) is 14.5 Å². The molecular weight excluding hydrogens is 426 g/mol. The maximum atomic E-state index is 13.6. The largest absolute Gasteiger partial charge is 0.466 e. The van der Waals surface area contributed by atoms with Crippen molar-refractivity contribution >= 4 is 17.6 Å². The van der Waals surface area contributed by atoms with Gasteiger partial charge >= 0.3 is 5.97 Å². The third-order valence-electron chi connectivity index (χ3n) is 6.89. The summed E-state index contributed by atoms with van der Waals surface area (Å²) in [7, 11) is 0. The molecule has 2 atom stereocenters. The molecule has 4 rings (SSSR count). The van der Waals surface area contributed by atoms with Crippen LogP contribution < -0.4 is 0 Å². The molecule has 0 aromatic heterocycles. The second-order valence-corrected chi connectivity index (χ2v) is 9.51. The van der Waals surface area contributed by atoms with E-state index < -0.39 is 0 Å². The summed E-state index contributed by atoms with van der Waals surface area (Å²) < 4.78 is 5.22. The molecule has 2 aliphatic heterocycles. The van der Waals surface area contributed by atoms with E-state index in [9.17, 15) is 9.59 Å². The van der Waals surface area contributed by atoms with Crippen molar-refractivity contribution in [2.45, 2.75) is 53.0 Å². The van der Waals surface area contributed by atoms with Crippen LogP contribution in [0.25, 0.3) is 0 Å². The summed E-state index contributed by atoms with van der Waals surface area (Å²) in [5.41, 5.74) is 6.71. The highest BCUT2D eigenvalue weighted by molar-refractivity contribution is 6.04. The maximum Gasteiger partial charge on any atom is 0.310 e. The molecule has 0 radical (unpaired) electrons. The van der Waals surface area contributed by atoms with Gasteiger partial charge in [0.05, 0.1) is 30.8 Å². The summed E-state index contributed by atoms with van der Waals surface area (Å²) in [5, 5.41) is 6.56. The summed E-state index contributed by atoms with van der Waals surface area (Å²) in [6.45, 7) is 10.1. The van der Waals surface area contributed by atoms with E-state index in [1.807, 2.05) is 19.1 Å². The van der Waals surface area contributed by atoms with Crippen LogP contribution in [0.5, 0.6) is 0 Å². The zero-order valence-electron chi connectivity index (χ0n) is 20.7. The van der Waals surface area contributed by atoms with Gasteiger partial charge in [0.25, 0.3) is 5.91 Å². The van der Waals surface area contributed by atoms with Gasteiger partial charge in [-0.15, -0.1) is 0 Å². The molecule has 0 bridgehead atoms.